The zero-order chi connectivity index (χ0) is 14.2. The highest BCUT2D eigenvalue weighted by Crippen LogP contribution is 2.34. The molecule has 0 spiro atoms. The van der Waals surface area contributed by atoms with Crippen LogP contribution < -0.4 is 4.90 Å². The minimum atomic E-state index is 0.0571. The minimum absolute atomic E-state index is 0.0571. The molecule has 0 aliphatic carbocycles. The van der Waals surface area contributed by atoms with Gasteiger partial charge in [0.2, 0.25) is 5.91 Å². The molecule has 19 heavy (non-hydrogen) atoms. The van der Waals surface area contributed by atoms with Crippen LogP contribution in [0.15, 0.2) is 22.7 Å². The average Bonchev–Trinajstić information content (AvgIpc) is 2.69. The van der Waals surface area contributed by atoms with E-state index in [1.54, 1.807) is 4.90 Å². The Kier molecular flexibility index (Phi) is 4.02. The lowest BCUT2D eigenvalue weighted by Gasteiger charge is -2.23. The van der Waals surface area contributed by atoms with Gasteiger partial charge in [-0.2, -0.15) is 0 Å². The minimum Gasteiger partial charge on any atom is -0.396 e. The van der Waals surface area contributed by atoms with E-state index in [2.05, 4.69) is 48.8 Å². The first kappa shape index (κ1) is 14.5. The van der Waals surface area contributed by atoms with E-state index in [-0.39, 0.29) is 23.8 Å². The van der Waals surface area contributed by atoms with E-state index in [0.717, 1.165) is 10.2 Å². The summed E-state index contributed by atoms with van der Waals surface area (Å²) in [5.41, 5.74) is 2.21. The van der Waals surface area contributed by atoms with Crippen molar-refractivity contribution in [2.45, 2.75) is 32.6 Å². The Bertz CT molecular complexity index is 493. The fraction of sp³-hybridized carbons (Fsp3) is 0.533. The molecule has 1 aromatic rings. The zero-order valence-corrected chi connectivity index (χ0v) is 13.2. The van der Waals surface area contributed by atoms with Crippen molar-refractivity contribution in [1.29, 1.82) is 0 Å². The molecule has 4 heteroatoms. The van der Waals surface area contributed by atoms with Crippen molar-refractivity contribution in [3.05, 3.63) is 28.2 Å². The number of nitrogens with zero attached hydrogens (tertiary/aromatic N) is 1. The van der Waals surface area contributed by atoms with Crippen LogP contribution >= 0.6 is 15.9 Å². The fourth-order valence-corrected chi connectivity index (χ4v) is 2.92. The predicted octanol–water partition coefficient (Wildman–Crippen LogP) is 3.09. The Hall–Kier alpha value is -0.870. The van der Waals surface area contributed by atoms with E-state index in [9.17, 15) is 9.90 Å². The van der Waals surface area contributed by atoms with Crippen LogP contribution in [0, 0.1) is 5.92 Å². The Morgan fingerprint density at radius 2 is 2.11 bits per heavy atom. The van der Waals surface area contributed by atoms with E-state index >= 15 is 0 Å². The van der Waals surface area contributed by atoms with Crippen molar-refractivity contribution in [2.24, 2.45) is 5.92 Å². The highest BCUT2D eigenvalue weighted by Gasteiger charge is 2.31. The molecule has 0 aromatic heterocycles. The van der Waals surface area contributed by atoms with E-state index in [1.807, 2.05) is 6.07 Å². The van der Waals surface area contributed by atoms with Crippen molar-refractivity contribution < 1.29 is 9.90 Å². The van der Waals surface area contributed by atoms with Crippen LogP contribution in [0.3, 0.4) is 0 Å². The molecule has 0 radical (unpaired) electrons. The molecule has 0 bridgehead atoms. The van der Waals surface area contributed by atoms with Crippen molar-refractivity contribution in [3.63, 3.8) is 0 Å². The van der Waals surface area contributed by atoms with Gasteiger partial charge >= 0.3 is 0 Å². The second-order valence-corrected chi connectivity index (χ2v) is 7.03. The zero-order valence-electron chi connectivity index (χ0n) is 11.6. The molecule has 1 unspecified atom stereocenters. The second kappa shape index (κ2) is 5.25. The molecule has 3 nitrogen and oxygen atoms in total. The lowest BCUT2D eigenvalue weighted by atomic mass is 9.87. The lowest BCUT2D eigenvalue weighted by Crippen LogP contribution is -2.25. The summed E-state index contributed by atoms with van der Waals surface area (Å²) in [4.78, 5) is 13.7. The first-order valence-electron chi connectivity index (χ1n) is 6.54. The quantitative estimate of drug-likeness (QED) is 0.907. The summed E-state index contributed by atoms with van der Waals surface area (Å²) >= 11 is 3.56. The maximum Gasteiger partial charge on any atom is 0.227 e. The molecular formula is C15H20BrNO2. The third kappa shape index (κ3) is 3.00. The van der Waals surface area contributed by atoms with Gasteiger partial charge in [0, 0.05) is 30.0 Å². The number of carbonyl (C=O) groups is 1. The molecule has 1 fully saturated rings. The van der Waals surface area contributed by atoms with Gasteiger partial charge < -0.3 is 10.0 Å². The normalized spacial score (nSPS) is 20.2. The monoisotopic (exact) mass is 325 g/mol. The number of hydrogen-bond acceptors (Lipinski definition) is 2. The van der Waals surface area contributed by atoms with Gasteiger partial charge in [-0.1, -0.05) is 26.8 Å². The molecule has 0 saturated carbocycles. The summed E-state index contributed by atoms with van der Waals surface area (Å²) in [6.07, 6.45) is 0.434. The number of anilines is 1. The number of carbonyl (C=O) groups excluding carboxylic acids is 1. The van der Waals surface area contributed by atoms with Gasteiger partial charge in [-0.05, 0) is 39.0 Å². The number of aliphatic hydroxyl groups excluding tert-OH is 1. The average molecular weight is 326 g/mol. The van der Waals surface area contributed by atoms with Crippen molar-refractivity contribution in [1.82, 2.24) is 0 Å². The highest BCUT2D eigenvalue weighted by atomic mass is 79.9. The second-order valence-electron chi connectivity index (χ2n) is 6.17. The molecule has 1 aromatic carbocycles. The summed E-state index contributed by atoms with van der Waals surface area (Å²) in [5, 5.41) is 9.18. The smallest absolute Gasteiger partial charge is 0.227 e. The van der Waals surface area contributed by atoms with E-state index < -0.39 is 0 Å². The molecule has 1 saturated heterocycles. The number of rotatable bonds is 2. The number of hydrogen-bond donors (Lipinski definition) is 1. The topological polar surface area (TPSA) is 40.5 Å². The summed E-state index contributed by atoms with van der Waals surface area (Å²) in [6.45, 7) is 7.16. The Morgan fingerprint density at radius 1 is 1.42 bits per heavy atom. The van der Waals surface area contributed by atoms with Gasteiger partial charge in [-0.3, -0.25) is 4.79 Å². The Labute approximate surface area is 122 Å². The molecule has 2 rings (SSSR count). The van der Waals surface area contributed by atoms with Gasteiger partial charge in [0.05, 0.1) is 5.69 Å². The van der Waals surface area contributed by atoms with Crippen LogP contribution in [0.5, 0.6) is 0 Å². The largest absolute Gasteiger partial charge is 0.396 e. The maximum absolute atomic E-state index is 12.0. The van der Waals surface area contributed by atoms with Crippen LogP contribution in [0.1, 0.15) is 32.8 Å². The van der Waals surface area contributed by atoms with Crippen LogP contribution in [0.4, 0.5) is 5.69 Å². The van der Waals surface area contributed by atoms with Gasteiger partial charge in [0.1, 0.15) is 0 Å². The SMILES string of the molecule is CC(C)(C)c1ccc(N2CC(CO)CC2=O)c(Br)c1. The van der Waals surface area contributed by atoms with Crippen LogP contribution in [0.25, 0.3) is 0 Å². The highest BCUT2D eigenvalue weighted by molar-refractivity contribution is 9.10. The standard InChI is InChI=1S/C15H20BrNO2/c1-15(2,3)11-4-5-13(12(16)7-11)17-8-10(9-18)6-14(17)19/h4-5,7,10,18H,6,8-9H2,1-3H3. The molecule has 104 valence electrons. The molecule has 1 aliphatic heterocycles. The summed E-state index contributed by atoms with van der Waals surface area (Å²) in [5.74, 6) is 0.143. The van der Waals surface area contributed by atoms with Crippen molar-refractivity contribution >= 4 is 27.5 Å². The first-order chi connectivity index (χ1) is 8.82. The molecule has 1 N–H and O–H groups in total. The lowest BCUT2D eigenvalue weighted by molar-refractivity contribution is -0.117. The maximum atomic E-state index is 12.0. The van der Waals surface area contributed by atoms with Crippen LogP contribution in [0.2, 0.25) is 0 Å². The van der Waals surface area contributed by atoms with Gasteiger partial charge in [-0.15, -0.1) is 0 Å². The predicted molar refractivity (Wildman–Crippen MR) is 80.4 cm³/mol. The fourth-order valence-electron chi connectivity index (χ4n) is 2.33. The Morgan fingerprint density at radius 3 is 2.58 bits per heavy atom. The van der Waals surface area contributed by atoms with Gasteiger partial charge in [0.15, 0.2) is 0 Å². The summed E-state index contributed by atoms with van der Waals surface area (Å²) in [7, 11) is 0. The molecule has 1 amide bonds. The first-order valence-corrected chi connectivity index (χ1v) is 7.33. The Balaban J connectivity index is 2.30. The molecular weight excluding hydrogens is 306 g/mol. The van der Waals surface area contributed by atoms with Crippen LogP contribution in [-0.4, -0.2) is 24.2 Å². The number of aliphatic hydroxyl groups is 1. The van der Waals surface area contributed by atoms with Gasteiger partial charge in [0.25, 0.3) is 0 Å². The summed E-state index contributed by atoms with van der Waals surface area (Å²) in [6, 6.07) is 6.14. The van der Waals surface area contributed by atoms with E-state index in [1.165, 1.54) is 5.56 Å². The van der Waals surface area contributed by atoms with Crippen molar-refractivity contribution in [2.75, 3.05) is 18.1 Å². The summed E-state index contributed by atoms with van der Waals surface area (Å²) < 4.78 is 0.937. The van der Waals surface area contributed by atoms with E-state index in [0.29, 0.717) is 13.0 Å². The third-order valence-corrected chi connectivity index (χ3v) is 4.20. The van der Waals surface area contributed by atoms with E-state index in [4.69, 9.17) is 0 Å². The third-order valence-electron chi connectivity index (χ3n) is 3.57. The number of amides is 1. The number of halogens is 1. The molecule has 1 aliphatic rings. The number of benzene rings is 1. The van der Waals surface area contributed by atoms with Crippen LogP contribution in [-0.2, 0) is 10.2 Å². The molecule has 1 heterocycles. The molecule has 1 atom stereocenters. The van der Waals surface area contributed by atoms with Crippen molar-refractivity contribution in [3.8, 4) is 0 Å². The van der Waals surface area contributed by atoms with Gasteiger partial charge in [-0.25, -0.2) is 0 Å².